The third-order valence-electron chi connectivity index (χ3n) is 3.72. The minimum atomic E-state index is -1.02. The molecule has 0 radical (unpaired) electrons. The minimum Gasteiger partial charge on any atom is -0.465 e. The summed E-state index contributed by atoms with van der Waals surface area (Å²) in [6.45, 7) is 9.42. The third-order valence-corrected chi connectivity index (χ3v) is 3.72. The Morgan fingerprint density at radius 2 is 1.83 bits per heavy atom. The van der Waals surface area contributed by atoms with Crippen molar-refractivity contribution >= 4 is 18.2 Å². The van der Waals surface area contributed by atoms with E-state index in [9.17, 15) is 14.4 Å². The number of alkyl carbamates (subject to hydrolysis) is 1. The fourth-order valence-electron chi connectivity index (χ4n) is 1.89. The first-order valence-electron chi connectivity index (χ1n) is 7.90. The molecule has 0 aliphatic rings. The van der Waals surface area contributed by atoms with Crippen molar-refractivity contribution in [1.82, 2.24) is 10.6 Å². The molecule has 2 amide bonds. The quantitative estimate of drug-likeness (QED) is 0.301. The normalized spacial score (nSPS) is 12.0. The maximum atomic E-state index is 11.8. The van der Waals surface area contributed by atoms with Crippen LogP contribution < -0.4 is 10.6 Å². The van der Waals surface area contributed by atoms with E-state index in [0.29, 0.717) is 6.54 Å². The molecule has 0 bridgehead atoms. The second-order valence-electron chi connectivity index (χ2n) is 5.98. The SMILES string of the molecule is C=CC(=O)OCCOC(=O)NC(C)(C)C(C)CCCCNC(=O)O. The van der Waals surface area contributed by atoms with Crippen LogP contribution in [0.15, 0.2) is 12.7 Å². The number of rotatable bonds is 11. The molecule has 138 valence electrons. The Balaban J connectivity index is 3.98. The topological polar surface area (TPSA) is 114 Å². The Morgan fingerprint density at radius 1 is 1.21 bits per heavy atom. The number of unbranched alkanes of at least 4 members (excludes halogenated alkanes) is 1. The van der Waals surface area contributed by atoms with Gasteiger partial charge in [0.25, 0.3) is 0 Å². The number of carbonyl (C=O) groups is 3. The highest BCUT2D eigenvalue weighted by molar-refractivity contribution is 5.81. The van der Waals surface area contributed by atoms with Crippen LogP contribution in [-0.4, -0.2) is 48.6 Å². The number of ether oxygens (including phenoxy) is 2. The number of carboxylic acid groups (broad SMARTS) is 1. The second kappa shape index (κ2) is 11.3. The fraction of sp³-hybridized carbons (Fsp3) is 0.688. The van der Waals surface area contributed by atoms with Gasteiger partial charge in [-0.2, -0.15) is 0 Å². The summed E-state index contributed by atoms with van der Waals surface area (Å²) in [4.78, 5) is 32.9. The largest absolute Gasteiger partial charge is 0.465 e. The molecule has 1 unspecified atom stereocenters. The van der Waals surface area contributed by atoms with Crippen molar-refractivity contribution in [1.29, 1.82) is 0 Å². The van der Waals surface area contributed by atoms with Gasteiger partial charge in [-0.1, -0.05) is 19.9 Å². The van der Waals surface area contributed by atoms with E-state index < -0.39 is 23.7 Å². The summed E-state index contributed by atoms with van der Waals surface area (Å²) in [6.07, 6.45) is 1.87. The third kappa shape index (κ3) is 10.5. The Bertz CT molecular complexity index is 436. The highest BCUT2D eigenvalue weighted by Gasteiger charge is 2.27. The highest BCUT2D eigenvalue weighted by atomic mass is 16.6. The van der Waals surface area contributed by atoms with E-state index in [2.05, 4.69) is 17.2 Å². The average molecular weight is 344 g/mol. The van der Waals surface area contributed by atoms with Crippen LogP contribution in [-0.2, 0) is 14.3 Å². The van der Waals surface area contributed by atoms with Gasteiger partial charge >= 0.3 is 18.2 Å². The van der Waals surface area contributed by atoms with Crippen LogP contribution in [0.5, 0.6) is 0 Å². The Kier molecular flexibility index (Phi) is 10.3. The summed E-state index contributed by atoms with van der Waals surface area (Å²) >= 11 is 0. The van der Waals surface area contributed by atoms with Crippen molar-refractivity contribution in [3.05, 3.63) is 12.7 Å². The highest BCUT2D eigenvalue weighted by Crippen LogP contribution is 2.22. The molecule has 0 heterocycles. The molecule has 0 aromatic carbocycles. The van der Waals surface area contributed by atoms with Gasteiger partial charge in [-0.25, -0.2) is 14.4 Å². The molecular weight excluding hydrogens is 316 g/mol. The number of hydrogen-bond acceptors (Lipinski definition) is 5. The lowest BCUT2D eigenvalue weighted by Gasteiger charge is -2.32. The summed E-state index contributed by atoms with van der Waals surface area (Å²) in [5.74, 6) is -0.390. The van der Waals surface area contributed by atoms with Crippen molar-refractivity contribution in [3.8, 4) is 0 Å². The first-order valence-corrected chi connectivity index (χ1v) is 7.90. The molecule has 24 heavy (non-hydrogen) atoms. The predicted octanol–water partition coefficient (Wildman–Crippen LogP) is 2.29. The van der Waals surface area contributed by atoms with E-state index in [1.54, 1.807) is 0 Å². The number of carbonyl (C=O) groups excluding carboxylic acids is 2. The van der Waals surface area contributed by atoms with E-state index in [0.717, 1.165) is 25.3 Å². The molecule has 0 aromatic heterocycles. The van der Waals surface area contributed by atoms with Crippen LogP contribution in [0.1, 0.15) is 40.0 Å². The Labute approximate surface area is 142 Å². The summed E-state index contributed by atoms with van der Waals surface area (Å²) in [5.41, 5.74) is -0.477. The van der Waals surface area contributed by atoms with Crippen LogP contribution in [0.2, 0.25) is 0 Å². The lowest BCUT2D eigenvalue weighted by atomic mass is 9.85. The summed E-state index contributed by atoms with van der Waals surface area (Å²) in [5, 5.41) is 13.6. The van der Waals surface area contributed by atoms with Gasteiger partial charge in [0.15, 0.2) is 0 Å². The molecule has 3 N–H and O–H groups in total. The van der Waals surface area contributed by atoms with Crippen LogP contribution in [0.3, 0.4) is 0 Å². The van der Waals surface area contributed by atoms with E-state index in [1.165, 1.54) is 0 Å². The van der Waals surface area contributed by atoms with Crippen molar-refractivity contribution in [2.75, 3.05) is 19.8 Å². The zero-order valence-corrected chi connectivity index (χ0v) is 14.6. The lowest BCUT2D eigenvalue weighted by molar-refractivity contribution is -0.138. The maximum absolute atomic E-state index is 11.8. The number of esters is 1. The Hall–Kier alpha value is -2.25. The molecular formula is C16H28N2O6. The summed E-state index contributed by atoms with van der Waals surface area (Å²) < 4.78 is 9.66. The fourth-order valence-corrected chi connectivity index (χ4v) is 1.89. The Morgan fingerprint density at radius 3 is 2.42 bits per heavy atom. The molecule has 1 atom stereocenters. The van der Waals surface area contributed by atoms with Crippen molar-refractivity contribution in [2.24, 2.45) is 5.92 Å². The van der Waals surface area contributed by atoms with E-state index in [-0.39, 0.29) is 19.1 Å². The standard InChI is InChI=1S/C16H28N2O6/c1-5-13(19)23-10-11-24-15(22)18-16(3,4)12(2)8-6-7-9-17-14(20)21/h5,12,17H,1,6-11H2,2-4H3,(H,18,22)(H,20,21). The monoisotopic (exact) mass is 344 g/mol. The molecule has 8 heteroatoms. The van der Waals surface area contributed by atoms with Gasteiger partial charge in [-0.05, 0) is 32.6 Å². The van der Waals surface area contributed by atoms with E-state index >= 15 is 0 Å². The van der Waals surface area contributed by atoms with E-state index in [4.69, 9.17) is 14.6 Å². The van der Waals surface area contributed by atoms with Gasteiger partial charge in [0.2, 0.25) is 0 Å². The lowest BCUT2D eigenvalue weighted by Crippen LogP contribution is -2.48. The first-order chi connectivity index (χ1) is 11.2. The van der Waals surface area contributed by atoms with E-state index in [1.807, 2.05) is 20.8 Å². The number of nitrogens with one attached hydrogen (secondary N) is 2. The van der Waals surface area contributed by atoms with Crippen LogP contribution >= 0.6 is 0 Å². The second-order valence-corrected chi connectivity index (χ2v) is 5.98. The van der Waals surface area contributed by atoms with Crippen molar-refractivity contribution < 1.29 is 29.0 Å². The van der Waals surface area contributed by atoms with Crippen LogP contribution in [0, 0.1) is 5.92 Å². The number of amides is 2. The predicted molar refractivity (Wildman–Crippen MR) is 88.8 cm³/mol. The molecule has 0 rings (SSSR count). The summed E-state index contributed by atoms with van der Waals surface area (Å²) in [6, 6.07) is 0. The van der Waals surface area contributed by atoms with Gasteiger partial charge < -0.3 is 25.2 Å². The van der Waals surface area contributed by atoms with Gasteiger partial charge in [0, 0.05) is 18.2 Å². The summed E-state index contributed by atoms with van der Waals surface area (Å²) in [7, 11) is 0. The van der Waals surface area contributed by atoms with Gasteiger partial charge in [-0.3, -0.25) is 0 Å². The van der Waals surface area contributed by atoms with Gasteiger partial charge in [0.1, 0.15) is 13.2 Å². The molecule has 0 spiro atoms. The number of hydrogen-bond donors (Lipinski definition) is 3. The smallest absolute Gasteiger partial charge is 0.407 e. The zero-order chi connectivity index (χ0) is 18.6. The molecule has 8 nitrogen and oxygen atoms in total. The maximum Gasteiger partial charge on any atom is 0.407 e. The van der Waals surface area contributed by atoms with Gasteiger partial charge in [0.05, 0.1) is 0 Å². The zero-order valence-electron chi connectivity index (χ0n) is 14.6. The van der Waals surface area contributed by atoms with Crippen LogP contribution in [0.25, 0.3) is 0 Å². The minimum absolute atomic E-state index is 0.0230. The molecule has 0 saturated carbocycles. The molecule has 0 saturated heterocycles. The van der Waals surface area contributed by atoms with Crippen LogP contribution in [0.4, 0.5) is 9.59 Å². The van der Waals surface area contributed by atoms with Crippen molar-refractivity contribution in [2.45, 2.75) is 45.6 Å². The molecule has 0 aromatic rings. The molecule has 0 aliphatic carbocycles. The molecule has 0 fully saturated rings. The first kappa shape index (κ1) is 21.8. The average Bonchev–Trinajstić information content (AvgIpc) is 2.49. The van der Waals surface area contributed by atoms with Crippen molar-refractivity contribution in [3.63, 3.8) is 0 Å². The van der Waals surface area contributed by atoms with Gasteiger partial charge in [-0.15, -0.1) is 0 Å². The molecule has 0 aliphatic heterocycles.